The van der Waals surface area contributed by atoms with Crippen LogP contribution in [0, 0.1) is 0 Å². The van der Waals surface area contributed by atoms with Crippen LogP contribution in [0.1, 0.15) is 30.9 Å². The zero-order valence-electron chi connectivity index (χ0n) is 23.3. The number of benzene rings is 2. The average molecular weight is 586 g/mol. The molecule has 14 nitrogen and oxygen atoms in total. The lowest BCUT2D eigenvalue weighted by Gasteiger charge is -2.26. The summed E-state index contributed by atoms with van der Waals surface area (Å²) in [6.07, 6.45) is -0.829. The standard InChI is InChI=1S/C28H39N7O7/c1-16(36)23(26(40)34-22(27(41)42)15-18-9-11-19(37)12-10-18)35-25(39)21(14-17-6-3-2-4-7-17)33-24(38)20(29)8-5-13-32-28(30)31/h2-4,6-7,9-12,16,20-23,36-37H,5,8,13-15,29H2,1H3,(H,33,38)(H,34,40)(H,35,39)(H,41,42)(H4,30,31,32). The monoisotopic (exact) mass is 585 g/mol. The number of carbonyl (C=O) groups excluding carboxylic acids is 3. The van der Waals surface area contributed by atoms with Gasteiger partial charge >= 0.3 is 5.97 Å². The first-order valence-corrected chi connectivity index (χ1v) is 13.3. The molecule has 0 bridgehead atoms. The molecule has 0 aliphatic heterocycles. The van der Waals surface area contributed by atoms with Crippen LogP contribution < -0.4 is 33.2 Å². The lowest BCUT2D eigenvalue weighted by atomic mass is 10.0. The summed E-state index contributed by atoms with van der Waals surface area (Å²) < 4.78 is 0. The number of nitrogens with two attached hydrogens (primary N) is 3. The summed E-state index contributed by atoms with van der Waals surface area (Å²) >= 11 is 0. The molecule has 3 amide bonds. The first kappa shape index (κ1) is 33.5. The van der Waals surface area contributed by atoms with Gasteiger partial charge in [0.2, 0.25) is 17.7 Å². The van der Waals surface area contributed by atoms with Crippen molar-refractivity contribution in [3.63, 3.8) is 0 Å². The first-order valence-electron chi connectivity index (χ1n) is 13.3. The van der Waals surface area contributed by atoms with E-state index in [4.69, 9.17) is 17.2 Å². The Morgan fingerprint density at radius 1 is 0.833 bits per heavy atom. The van der Waals surface area contributed by atoms with Gasteiger partial charge in [-0.15, -0.1) is 0 Å². The quantitative estimate of drug-likeness (QED) is 0.0624. The number of phenolic OH excluding ortho intramolecular Hbond substituents is 1. The van der Waals surface area contributed by atoms with Crippen molar-refractivity contribution in [3.8, 4) is 5.75 Å². The Morgan fingerprint density at radius 3 is 1.98 bits per heavy atom. The molecule has 0 fully saturated rings. The maximum Gasteiger partial charge on any atom is 0.326 e. The minimum absolute atomic E-state index is 0.00408. The van der Waals surface area contributed by atoms with Gasteiger partial charge in [-0.3, -0.25) is 19.4 Å². The number of carbonyl (C=O) groups is 4. The fourth-order valence-corrected chi connectivity index (χ4v) is 3.98. The van der Waals surface area contributed by atoms with Gasteiger partial charge in [-0.2, -0.15) is 0 Å². The molecular formula is C28H39N7O7. The Balaban J connectivity index is 2.15. The van der Waals surface area contributed by atoms with Crippen LogP contribution >= 0.6 is 0 Å². The third-order valence-electron chi connectivity index (χ3n) is 6.27. The molecule has 2 aromatic rings. The maximum absolute atomic E-state index is 13.4. The molecule has 0 saturated carbocycles. The first-order chi connectivity index (χ1) is 19.9. The molecule has 0 saturated heterocycles. The number of amides is 3. The van der Waals surface area contributed by atoms with Crippen molar-refractivity contribution in [2.75, 3.05) is 6.54 Å². The summed E-state index contributed by atoms with van der Waals surface area (Å²) in [4.78, 5) is 54.9. The summed E-state index contributed by atoms with van der Waals surface area (Å²) in [7, 11) is 0. The molecule has 2 aromatic carbocycles. The molecule has 12 N–H and O–H groups in total. The molecule has 5 unspecified atom stereocenters. The molecule has 0 spiro atoms. The third kappa shape index (κ3) is 11.4. The van der Waals surface area contributed by atoms with Gasteiger partial charge in [-0.05, 0) is 43.0 Å². The van der Waals surface area contributed by atoms with Crippen molar-refractivity contribution < 1.29 is 34.5 Å². The van der Waals surface area contributed by atoms with E-state index < -0.39 is 54.0 Å². The van der Waals surface area contributed by atoms with Crippen LogP contribution in [0.3, 0.4) is 0 Å². The topological polar surface area (TPSA) is 255 Å². The highest BCUT2D eigenvalue weighted by molar-refractivity contribution is 5.94. The molecule has 2 rings (SSSR count). The van der Waals surface area contributed by atoms with E-state index in [1.165, 1.54) is 31.2 Å². The molecular weight excluding hydrogens is 546 g/mol. The van der Waals surface area contributed by atoms with Gasteiger partial charge in [0.25, 0.3) is 0 Å². The number of nitrogens with zero attached hydrogens (tertiary/aromatic N) is 1. The zero-order valence-corrected chi connectivity index (χ0v) is 23.3. The van der Waals surface area contributed by atoms with E-state index in [0.717, 1.165) is 0 Å². The van der Waals surface area contributed by atoms with Crippen LogP contribution in [0.2, 0.25) is 0 Å². The van der Waals surface area contributed by atoms with E-state index in [1.54, 1.807) is 30.3 Å². The maximum atomic E-state index is 13.4. The van der Waals surface area contributed by atoms with Gasteiger partial charge in [0.15, 0.2) is 5.96 Å². The summed E-state index contributed by atoms with van der Waals surface area (Å²) in [5.74, 6) is -3.77. The van der Waals surface area contributed by atoms with Crippen molar-refractivity contribution in [1.82, 2.24) is 16.0 Å². The SMILES string of the molecule is CC(O)C(NC(=O)C(Cc1ccccc1)NC(=O)C(N)CCCN=C(N)N)C(=O)NC(Cc1ccc(O)cc1)C(=O)O. The number of phenols is 1. The fraction of sp³-hybridized carbons (Fsp3) is 0.393. The lowest BCUT2D eigenvalue weighted by molar-refractivity contribution is -0.143. The van der Waals surface area contributed by atoms with E-state index in [1.807, 2.05) is 0 Å². The smallest absolute Gasteiger partial charge is 0.326 e. The van der Waals surface area contributed by atoms with Crippen LogP contribution in [-0.4, -0.2) is 81.8 Å². The highest BCUT2D eigenvalue weighted by Crippen LogP contribution is 2.12. The Labute approximate surface area is 243 Å². The Morgan fingerprint density at radius 2 is 1.40 bits per heavy atom. The molecule has 42 heavy (non-hydrogen) atoms. The second-order valence-corrected chi connectivity index (χ2v) is 9.80. The molecule has 14 heteroatoms. The number of guanidine groups is 1. The fourth-order valence-electron chi connectivity index (χ4n) is 3.98. The Kier molecular flexibility index (Phi) is 13.2. The molecule has 0 aromatic heterocycles. The normalized spacial score (nSPS) is 14.4. The van der Waals surface area contributed by atoms with Crippen molar-refractivity contribution in [2.45, 2.75) is 62.9 Å². The van der Waals surface area contributed by atoms with Gasteiger partial charge in [0, 0.05) is 19.4 Å². The van der Waals surface area contributed by atoms with E-state index >= 15 is 0 Å². The van der Waals surface area contributed by atoms with Gasteiger partial charge in [-0.1, -0.05) is 42.5 Å². The van der Waals surface area contributed by atoms with Crippen LogP contribution in [-0.2, 0) is 32.0 Å². The number of hydrogen-bond donors (Lipinski definition) is 9. The van der Waals surface area contributed by atoms with E-state index in [-0.39, 0.29) is 37.5 Å². The minimum atomic E-state index is -1.54. The number of aliphatic carboxylic acids is 1. The Hall–Kier alpha value is -4.69. The van der Waals surface area contributed by atoms with E-state index in [0.29, 0.717) is 17.5 Å². The molecule has 0 heterocycles. The number of hydrogen-bond acceptors (Lipinski definition) is 8. The summed E-state index contributed by atoms with van der Waals surface area (Å²) in [6.45, 7) is 1.53. The summed E-state index contributed by atoms with van der Waals surface area (Å²) in [5.41, 5.74) is 17.8. The zero-order chi connectivity index (χ0) is 31.2. The summed E-state index contributed by atoms with van der Waals surface area (Å²) in [6, 6.07) is 9.50. The van der Waals surface area contributed by atoms with Crippen molar-refractivity contribution in [1.29, 1.82) is 0 Å². The number of carboxylic acids is 1. The highest BCUT2D eigenvalue weighted by atomic mass is 16.4. The number of aliphatic hydroxyl groups excluding tert-OH is 1. The van der Waals surface area contributed by atoms with Gasteiger partial charge in [-0.25, -0.2) is 4.79 Å². The van der Waals surface area contributed by atoms with Gasteiger partial charge < -0.3 is 48.5 Å². The lowest BCUT2D eigenvalue weighted by Crippen LogP contribution is -2.60. The molecule has 5 atom stereocenters. The van der Waals surface area contributed by atoms with Crippen molar-refractivity contribution in [2.24, 2.45) is 22.2 Å². The predicted octanol–water partition coefficient (Wildman–Crippen LogP) is -1.52. The number of aromatic hydroxyl groups is 1. The molecule has 0 aliphatic rings. The number of rotatable bonds is 16. The van der Waals surface area contributed by atoms with Crippen molar-refractivity contribution in [3.05, 3.63) is 65.7 Å². The third-order valence-corrected chi connectivity index (χ3v) is 6.27. The van der Waals surface area contributed by atoms with Crippen LogP contribution in [0.5, 0.6) is 5.75 Å². The summed E-state index contributed by atoms with van der Waals surface area (Å²) in [5, 5.41) is 36.8. The average Bonchev–Trinajstić information content (AvgIpc) is 2.94. The molecule has 0 aliphatic carbocycles. The van der Waals surface area contributed by atoms with Gasteiger partial charge in [0.05, 0.1) is 12.1 Å². The largest absolute Gasteiger partial charge is 0.508 e. The Bertz CT molecular complexity index is 1220. The molecule has 228 valence electrons. The number of aliphatic imine (C=N–C) groups is 1. The van der Waals surface area contributed by atoms with Crippen LogP contribution in [0.15, 0.2) is 59.6 Å². The minimum Gasteiger partial charge on any atom is -0.508 e. The van der Waals surface area contributed by atoms with E-state index in [9.17, 15) is 34.5 Å². The van der Waals surface area contributed by atoms with Crippen LogP contribution in [0.25, 0.3) is 0 Å². The van der Waals surface area contributed by atoms with Crippen molar-refractivity contribution >= 4 is 29.7 Å². The second-order valence-electron chi connectivity index (χ2n) is 9.80. The second kappa shape index (κ2) is 16.5. The number of aliphatic hydroxyl groups is 1. The number of carboxylic acid groups (broad SMARTS) is 1. The van der Waals surface area contributed by atoms with E-state index in [2.05, 4.69) is 20.9 Å². The predicted molar refractivity (Wildman–Crippen MR) is 155 cm³/mol. The van der Waals surface area contributed by atoms with Crippen LogP contribution in [0.4, 0.5) is 0 Å². The highest BCUT2D eigenvalue weighted by Gasteiger charge is 2.33. The number of nitrogens with one attached hydrogen (secondary N) is 3. The van der Waals surface area contributed by atoms with Gasteiger partial charge in [0.1, 0.15) is 23.9 Å². The molecule has 0 radical (unpaired) electrons.